The van der Waals surface area contributed by atoms with E-state index >= 15 is 0 Å². The van der Waals surface area contributed by atoms with Crippen molar-refractivity contribution in [1.29, 1.82) is 0 Å². The molecule has 0 bridgehead atoms. The molecule has 1 saturated heterocycles. The zero-order valence-electron chi connectivity index (χ0n) is 17.5. The summed E-state index contributed by atoms with van der Waals surface area (Å²) in [5, 5.41) is 19.3. The Labute approximate surface area is 184 Å². The number of halogens is 3. The van der Waals surface area contributed by atoms with Crippen LogP contribution in [-0.2, 0) is 11.3 Å². The highest BCUT2D eigenvalue weighted by Crippen LogP contribution is 2.32. The van der Waals surface area contributed by atoms with Gasteiger partial charge in [-0.3, -0.25) is 9.80 Å². The number of likely N-dealkylation sites (tertiary alicyclic amines) is 1. The summed E-state index contributed by atoms with van der Waals surface area (Å²) in [6.07, 6.45) is -2.74. The molecular formula is C23H26F3N3O3. The lowest BCUT2D eigenvalue weighted by Crippen LogP contribution is -2.37. The van der Waals surface area contributed by atoms with Gasteiger partial charge in [0.1, 0.15) is 11.5 Å². The fraction of sp³-hybridized carbons (Fsp3) is 0.435. The Kier molecular flexibility index (Phi) is 6.45. The number of nitrogens with zero attached hydrogens (tertiary/aromatic N) is 3. The number of piperidine rings is 1. The number of aromatic hydroxyl groups is 2. The van der Waals surface area contributed by atoms with Crippen LogP contribution in [0.2, 0.25) is 0 Å². The molecular weight excluding hydrogens is 423 g/mol. The maximum absolute atomic E-state index is 13.3. The molecule has 0 spiro atoms. The minimum absolute atomic E-state index is 0.0311. The van der Waals surface area contributed by atoms with Gasteiger partial charge < -0.3 is 14.9 Å². The Morgan fingerprint density at radius 1 is 1.00 bits per heavy atom. The summed E-state index contributed by atoms with van der Waals surface area (Å²) in [5.41, 5.74) is 1.45. The third-order valence-corrected chi connectivity index (χ3v) is 5.84. The Hall–Kier alpha value is -2.94. The Morgan fingerprint density at radius 3 is 2.34 bits per heavy atom. The van der Waals surface area contributed by atoms with E-state index in [4.69, 9.17) is 4.74 Å². The van der Waals surface area contributed by atoms with E-state index in [-0.39, 0.29) is 30.0 Å². The predicted molar refractivity (Wildman–Crippen MR) is 115 cm³/mol. The molecule has 1 unspecified atom stereocenters. The fourth-order valence-electron chi connectivity index (χ4n) is 4.08. The van der Waals surface area contributed by atoms with E-state index in [0.717, 1.165) is 38.0 Å². The average Bonchev–Trinajstić information content (AvgIpc) is 3.18. The minimum atomic E-state index is -4.46. The highest BCUT2D eigenvalue weighted by molar-refractivity contribution is 5.94. The van der Waals surface area contributed by atoms with E-state index in [9.17, 15) is 23.4 Å². The molecule has 0 aliphatic carbocycles. The quantitative estimate of drug-likeness (QED) is 0.719. The van der Waals surface area contributed by atoms with Crippen molar-refractivity contribution in [2.45, 2.75) is 31.6 Å². The summed E-state index contributed by atoms with van der Waals surface area (Å²) in [6.45, 7) is 2.35. The SMILES string of the molecule is Oc1cccc(CN2CCC(COC3=NC(C(F)(F)F)CN3c3cccc(O)c3)CC2)c1. The maximum atomic E-state index is 13.3. The van der Waals surface area contributed by atoms with Crippen molar-refractivity contribution in [3.8, 4) is 11.5 Å². The lowest BCUT2D eigenvalue weighted by atomic mass is 9.97. The summed E-state index contributed by atoms with van der Waals surface area (Å²) >= 11 is 0. The van der Waals surface area contributed by atoms with Crippen LogP contribution in [0.4, 0.5) is 18.9 Å². The molecule has 0 amide bonds. The molecule has 2 aromatic carbocycles. The lowest BCUT2D eigenvalue weighted by Gasteiger charge is -2.32. The van der Waals surface area contributed by atoms with Crippen LogP contribution in [0.3, 0.4) is 0 Å². The summed E-state index contributed by atoms with van der Waals surface area (Å²) in [6, 6.07) is 11.3. The smallest absolute Gasteiger partial charge is 0.412 e. The van der Waals surface area contributed by atoms with Gasteiger partial charge in [0.15, 0.2) is 6.04 Å². The molecule has 2 heterocycles. The molecule has 4 rings (SSSR count). The number of hydrogen-bond acceptors (Lipinski definition) is 6. The molecule has 32 heavy (non-hydrogen) atoms. The molecule has 0 aromatic heterocycles. The number of aliphatic imine (C=N–C) groups is 1. The molecule has 2 aromatic rings. The number of ether oxygens (including phenoxy) is 1. The molecule has 9 heteroatoms. The maximum Gasteiger partial charge on any atom is 0.412 e. The highest BCUT2D eigenvalue weighted by atomic mass is 19.4. The van der Waals surface area contributed by atoms with E-state index < -0.39 is 12.2 Å². The second-order valence-corrected chi connectivity index (χ2v) is 8.30. The van der Waals surface area contributed by atoms with Gasteiger partial charge in [-0.1, -0.05) is 18.2 Å². The van der Waals surface area contributed by atoms with Crippen LogP contribution in [0.1, 0.15) is 18.4 Å². The number of amidine groups is 1. The van der Waals surface area contributed by atoms with Crippen LogP contribution in [0.15, 0.2) is 53.5 Å². The Balaban J connectivity index is 1.34. The van der Waals surface area contributed by atoms with Crippen molar-refractivity contribution in [2.75, 3.05) is 31.1 Å². The molecule has 172 valence electrons. The zero-order valence-corrected chi connectivity index (χ0v) is 17.5. The second-order valence-electron chi connectivity index (χ2n) is 8.30. The first-order valence-corrected chi connectivity index (χ1v) is 10.6. The van der Waals surface area contributed by atoms with Gasteiger partial charge >= 0.3 is 6.18 Å². The van der Waals surface area contributed by atoms with E-state index in [2.05, 4.69) is 9.89 Å². The summed E-state index contributed by atoms with van der Waals surface area (Å²) in [7, 11) is 0. The number of phenols is 2. The van der Waals surface area contributed by atoms with Gasteiger partial charge in [-0.25, -0.2) is 4.99 Å². The molecule has 1 atom stereocenters. The van der Waals surface area contributed by atoms with E-state index in [1.165, 1.54) is 17.0 Å². The minimum Gasteiger partial charge on any atom is -0.508 e. The number of anilines is 1. The average molecular weight is 449 g/mol. The van der Waals surface area contributed by atoms with Crippen LogP contribution in [0.25, 0.3) is 0 Å². The monoisotopic (exact) mass is 449 g/mol. The number of benzene rings is 2. The van der Waals surface area contributed by atoms with Crippen molar-refractivity contribution >= 4 is 11.7 Å². The highest BCUT2D eigenvalue weighted by Gasteiger charge is 2.46. The first-order chi connectivity index (χ1) is 15.3. The second kappa shape index (κ2) is 9.28. The third-order valence-electron chi connectivity index (χ3n) is 5.84. The van der Waals surface area contributed by atoms with Crippen LogP contribution < -0.4 is 4.90 Å². The number of alkyl halides is 3. The molecule has 0 radical (unpaired) electrons. The number of phenolic OH excluding ortho intramolecular Hbond substituents is 2. The fourth-order valence-corrected chi connectivity index (χ4v) is 4.08. The topological polar surface area (TPSA) is 68.5 Å². The van der Waals surface area contributed by atoms with Crippen molar-refractivity contribution in [2.24, 2.45) is 10.9 Å². The molecule has 2 N–H and O–H groups in total. The van der Waals surface area contributed by atoms with Gasteiger partial charge in [0.25, 0.3) is 6.02 Å². The predicted octanol–water partition coefficient (Wildman–Crippen LogP) is 4.13. The molecule has 2 aliphatic heterocycles. The van der Waals surface area contributed by atoms with Crippen molar-refractivity contribution in [1.82, 2.24) is 4.90 Å². The number of rotatable bonds is 5. The molecule has 2 aliphatic rings. The van der Waals surface area contributed by atoms with Crippen molar-refractivity contribution < 1.29 is 28.1 Å². The lowest BCUT2D eigenvalue weighted by molar-refractivity contribution is -0.143. The molecule has 6 nitrogen and oxygen atoms in total. The van der Waals surface area contributed by atoms with Gasteiger partial charge in [-0.05, 0) is 61.7 Å². The van der Waals surface area contributed by atoms with Gasteiger partial charge in [0.2, 0.25) is 0 Å². The Morgan fingerprint density at radius 2 is 1.69 bits per heavy atom. The van der Waals surface area contributed by atoms with Crippen molar-refractivity contribution in [3.05, 3.63) is 54.1 Å². The van der Waals surface area contributed by atoms with Crippen LogP contribution >= 0.6 is 0 Å². The summed E-state index contributed by atoms with van der Waals surface area (Å²) in [5.74, 6) is 0.432. The largest absolute Gasteiger partial charge is 0.508 e. The zero-order chi connectivity index (χ0) is 22.7. The van der Waals surface area contributed by atoms with Gasteiger partial charge in [0.05, 0.1) is 13.2 Å². The third kappa shape index (κ3) is 5.45. The molecule has 0 saturated carbocycles. The first kappa shape index (κ1) is 22.3. The standard InChI is InChI=1S/C23H26F3N3O3/c24-23(25,26)21-14-29(18-4-2-6-20(31)12-18)22(27-21)32-15-16-7-9-28(10-8-16)13-17-3-1-5-19(30)11-17/h1-6,11-12,16,21,30-31H,7-10,13-15H2. The van der Waals surface area contributed by atoms with Crippen LogP contribution in [-0.4, -0.2) is 59.6 Å². The van der Waals surface area contributed by atoms with Gasteiger partial charge in [-0.15, -0.1) is 0 Å². The van der Waals surface area contributed by atoms with Crippen molar-refractivity contribution in [3.63, 3.8) is 0 Å². The Bertz CT molecular complexity index is 959. The first-order valence-electron chi connectivity index (χ1n) is 10.6. The van der Waals surface area contributed by atoms with E-state index in [1.54, 1.807) is 24.3 Å². The van der Waals surface area contributed by atoms with Gasteiger partial charge in [-0.2, -0.15) is 13.2 Å². The number of hydrogen-bond donors (Lipinski definition) is 2. The van der Waals surface area contributed by atoms with E-state index in [0.29, 0.717) is 12.3 Å². The summed E-state index contributed by atoms with van der Waals surface area (Å²) in [4.78, 5) is 7.45. The molecule has 1 fully saturated rings. The van der Waals surface area contributed by atoms with E-state index in [1.807, 2.05) is 12.1 Å². The van der Waals surface area contributed by atoms with Gasteiger partial charge in [0, 0.05) is 18.3 Å². The van der Waals surface area contributed by atoms with Crippen LogP contribution in [0.5, 0.6) is 11.5 Å². The van der Waals surface area contributed by atoms with Crippen LogP contribution in [0, 0.1) is 5.92 Å². The summed E-state index contributed by atoms with van der Waals surface area (Å²) < 4.78 is 45.6. The normalized spacial score (nSPS) is 20.4.